The quantitative estimate of drug-likeness (QED) is 0.237. The van der Waals surface area contributed by atoms with E-state index in [0.29, 0.717) is 17.7 Å². The van der Waals surface area contributed by atoms with Crippen molar-refractivity contribution in [1.82, 2.24) is 25.1 Å². The summed E-state index contributed by atoms with van der Waals surface area (Å²) in [5, 5.41) is 11.3. The molecule has 2 N–H and O–H groups in total. The van der Waals surface area contributed by atoms with Gasteiger partial charge in [0, 0.05) is 23.2 Å². The molecule has 6 heterocycles. The molecule has 1 fully saturated rings. The van der Waals surface area contributed by atoms with E-state index in [0.717, 1.165) is 69.2 Å². The smallest absolute Gasteiger partial charge is 0.434 e. The fraction of sp³-hybridized carbons (Fsp3) is 0.344. The van der Waals surface area contributed by atoms with Crippen LogP contribution in [-0.4, -0.2) is 44.6 Å². The van der Waals surface area contributed by atoms with Crippen LogP contribution in [0.3, 0.4) is 0 Å². The van der Waals surface area contributed by atoms with Gasteiger partial charge in [0.15, 0.2) is 0 Å². The Morgan fingerprint density at radius 3 is 2.84 bits per heavy atom. The van der Waals surface area contributed by atoms with E-state index < -0.39 is 5.76 Å². The van der Waals surface area contributed by atoms with Gasteiger partial charge in [0.1, 0.15) is 11.6 Å². The lowest BCUT2D eigenvalue weighted by atomic mass is 9.91. The second-order valence-corrected chi connectivity index (χ2v) is 12.7. The van der Waals surface area contributed by atoms with Crippen molar-refractivity contribution in [3.8, 4) is 27.6 Å². The van der Waals surface area contributed by atoms with Crippen LogP contribution in [0.2, 0.25) is 0 Å². The number of thiophene rings is 1. The fourth-order valence-corrected chi connectivity index (χ4v) is 8.22. The highest BCUT2D eigenvalue weighted by molar-refractivity contribution is 7.23. The van der Waals surface area contributed by atoms with Crippen molar-refractivity contribution in [1.29, 1.82) is 0 Å². The normalized spacial score (nSPS) is 18.9. The molecular weight excluding hydrogens is 564 g/mol. The summed E-state index contributed by atoms with van der Waals surface area (Å²) in [6, 6.07) is 10.4. The highest BCUT2D eigenvalue weighted by Gasteiger charge is 2.45. The van der Waals surface area contributed by atoms with Crippen molar-refractivity contribution in [2.45, 2.75) is 57.5 Å². The van der Waals surface area contributed by atoms with E-state index in [9.17, 15) is 9.59 Å². The number of aromatic amines is 1. The number of aromatic nitrogens is 4. The second-order valence-electron chi connectivity index (χ2n) is 11.7. The Morgan fingerprint density at radius 1 is 1.16 bits per heavy atom. The zero-order valence-corrected chi connectivity index (χ0v) is 24.9. The van der Waals surface area contributed by atoms with Gasteiger partial charge in [-0.05, 0) is 66.3 Å². The Labute approximate surface area is 251 Å². The van der Waals surface area contributed by atoms with Crippen molar-refractivity contribution in [2.24, 2.45) is 0 Å². The Bertz CT molecular complexity index is 1990. The number of hydrogen-bond donors (Lipinski definition) is 2. The number of H-pyrrole nitrogens is 1. The molecule has 3 aliphatic rings. The number of anilines is 1. The number of carbonyl (C=O) groups is 1. The lowest BCUT2D eigenvalue weighted by Crippen LogP contribution is -2.22. The molecule has 0 saturated carbocycles. The molecule has 2 aliphatic heterocycles. The van der Waals surface area contributed by atoms with Gasteiger partial charge < -0.3 is 19.4 Å². The summed E-state index contributed by atoms with van der Waals surface area (Å²) in [5.41, 5.74) is 5.94. The van der Waals surface area contributed by atoms with Gasteiger partial charge in [-0.25, -0.2) is 14.9 Å². The molecular formula is C32H30N6O4S. The van der Waals surface area contributed by atoms with Crippen LogP contribution in [0.1, 0.15) is 84.0 Å². The highest BCUT2D eigenvalue weighted by Crippen LogP contribution is 2.51. The number of ether oxygens (including phenoxy) is 1. The molecule has 10 nitrogen and oxygen atoms in total. The van der Waals surface area contributed by atoms with Gasteiger partial charge in [0.2, 0.25) is 0 Å². The molecule has 11 heteroatoms. The lowest BCUT2D eigenvalue weighted by Gasteiger charge is -2.17. The predicted octanol–water partition coefficient (Wildman–Crippen LogP) is 6.22. The predicted molar refractivity (Wildman–Crippen MR) is 164 cm³/mol. The number of benzene rings is 1. The topological polar surface area (TPSA) is 126 Å². The molecule has 0 bridgehead atoms. The number of pyridine rings is 2. The molecule has 4 aromatic heterocycles. The maximum atomic E-state index is 14.0. The molecule has 1 amide bonds. The van der Waals surface area contributed by atoms with Gasteiger partial charge in [0.25, 0.3) is 11.8 Å². The number of nitrogens with one attached hydrogen (secondary N) is 2. The zero-order chi connectivity index (χ0) is 29.4. The molecule has 1 saturated heterocycles. The number of fused-ring (bicyclic) bond motifs is 5. The Morgan fingerprint density at radius 2 is 2.05 bits per heavy atom. The van der Waals surface area contributed by atoms with Gasteiger partial charge in [-0.3, -0.25) is 9.78 Å². The van der Waals surface area contributed by atoms with Gasteiger partial charge >= 0.3 is 5.76 Å². The standard InChI is InChI=1S/C32H30N6O4S/c1-15(2)26-24(30-36-37-32(40)42-30)23(25-27(35-26)20-7-5-13-38(20)31(25)39)22-14-16-11-12-33-29(28(16)43-22)34-19-10-9-18-17(19)6-4-8-21(18)41-3/h4,6,8,11-12,14-15,19-20H,5,7,9-10,13H2,1-3H3,(H,33,34)(H,37,40)/t19-,20?/m0/s1. The summed E-state index contributed by atoms with van der Waals surface area (Å²) in [6.07, 6.45) is 5.53. The molecule has 0 spiro atoms. The van der Waals surface area contributed by atoms with E-state index in [-0.39, 0.29) is 29.8 Å². The van der Waals surface area contributed by atoms with Crippen molar-refractivity contribution in [2.75, 3.05) is 19.0 Å². The van der Waals surface area contributed by atoms with Crippen LogP contribution in [0.25, 0.3) is 32.0 Å². The molecule has 218 valence electrons. The minimum atomic E-state index is -0.649. The summed E-state index contributed by atoms with van der Waals surface area (Å²) >= 11 is 1.58. The molecule has 5 aromatic rings. The van der Waals surface area contributed by atoms with Gasteiger partial charge in [0.05, 0.1) is 46.4 Å². The number of rotatable bonds is 6. The average Bonchev–Trinajstić information content (AvgIpc) is 3.83. The van der Waals surface area contributed by atoms with E-state index in [1.165, 1.54) is 11.1 Å². The minimum absolute atomic E-state index is 0.000643. The number of amides is 1. The van der Waals surface area contributed by atoms with E-state index in [1.807, 2.05) is 29.3 Å². The third kappa shape index (κ3) is 3.94. The van der Waals surface area contributed by atoms with E-state index in [2.05, 4.69) is 41.5 Å². The maximum absolute atomic E-state index is 14.0. The van der Waals surface area contributed by atoms with Crippen LogP contribution >= 0.6 is 11.3 Å². The first kappa shape index (κ1) is 26.1. The highest BCUT2D eigenvalue weighted by atomic mass is 32.1. The average molecular weight is 595 g/mol. The first-order chi connectivity index (χ1) is 20.9. The maximum Gasteiger partial charge on any atom is 0.434 e. The summed E-state index contributed by atoms with van der Waals surface area (Å²) in [7, 11) is 1.71. The first-order valence-electron chi connectivity index (χ1n) is 14.7. The Balaban J connectivity index is 1.32. The van der Waals surface area contributed by atoms with Crippen LogP contribution in [0, 0.1) is 0 Å². The number of hydrogen-bond acceptors (Lipinski definition) is 9. The second kappa shape index (κ2) is 9.77. The third-order valence-corrected chi connectivity index (χ3v) is 10.1. The minimum Gasteiger partial charge on any atom is -0.496 e. The van der Waals surface area contributed by atoms with E-state index in [1.54, 1.807) is 18.4 Å². The number of methoxy groups -OCH3 is 1. The summed E-state index contributed by atoms with van der Waals surface area (Å²) in [6.45, 7) is 4.82. The van der Waals surface area contributed by atoms with Crippen LogP contribution in [0.5, 0.6) is 5.75 Å². The summed E-state index contributed by atoms with van der Waals surface area (Å²) in [5.74, 6) is 1.18. The van der Waals surface area contributed by atoms with Gasteiger partial charge in [-0.2, -0.15) is 0 Å². The van der Waals surface area contributed by atoms with Gasteiger partial charge in [-0.15, -0.1) is 16.4 Å². The van der Waals surface area contributed by atoms with Crippen LogP contribution < -0.4 is 15.8 Å². The first-order valence-corrected chi connectivity index (χ1v) is 15.5. The van der Waals surface area contributed by atoms with E-state index >= 15 is 0 Å². The summed E-state index contributed by atoms with van der Waals surface area (Å²) < 4.78 is 12.1. The van der Waals surface area contributed by atoms with Crippen molar-refractivity contribution >= 4 is 33.1 Å². The largest absolute Gasteiger partial charge is 0.496 e. The lowest BCUT2D eigenvalue weighted by molar-refractivity contribution is 0.0776. The molecule has 1 unspecified atom stereocenters. The van der Waals surface area contributed by atoms with Crippen LogP contribution in [-0.2, 0) is 6.42 Å². The number of nitrogens with zero attached hydrogens (tertiary/aromatic N) is 4. The molecule has 1 aromatic carbocycles. The third-order valence-electron chi connectivity index (χ3n) is 8.93. The molecule has 1 aliphatic carbocycles. The van der Waals surface area contributed by atoms with Crippen molar-refractivity contribution < 1.29 is 13.9 Å². The Kier molecular flexibility index (Phi) is 5.94. The SMILES string of the molecule is COc1cccc2c1CC[C@@H]2Nc1nccc2cc(-c3c4c(nc(C(C)C)c3-c3n[nH]c(=O)o3)C3CCCN3C4=O)sc12. The van der Waals surface area contributed by atoms with Crippen LogP contribution in [0.15, 0.2) is 45.7 Å². The van der Waals surface area contributed by atoms with Crippen molar-refractivity contribution in [3.05, 3.63) is 75.2 Å². The monoisotopic (exact) mass is 594 g/mol. The van der Waals surface area contributed by atoms with Crippen molar-refractivity contribution in [3.63, 3.8) is 0 Å². The van der Waals surface area contributed by atoms with Gasteiger partial charge in [-0.1, -0.05) is 26.0 Å². The Hall–Kier alpha value is -4.51. The molecule has 8 rings (SSSR count). The van der Waals surface area contributed by atoms with Crippen LogP contribution in [0.4, 0.5) is 5.82 Å². The molecule has 2 atom stereocenters. The fourth-order valence-electron chi connectivity index (χ4n) is 7.05. The number of carbonyl (C=O) groups excluding carboxylic acids is 1. The molecule has 0 radical (unpaired) electrons. The molecule has 43 heavy (non-hydrogen) atoms. The zero-order valence-electron chi connectivity index (χ0n) is 24.1. The summed E-state index contributed by atoms with van der Waals surface area (Å²) in [4.78, 5) is 38.7. The van der Waals surface area contributed by atoms with E-state index in [4.69, 9.17) is 19.1 Å².